The van der Waals surface area contributed by atoms with Crippen LogP contribution in [0.15, 0.2) is 24.8 Å². The van der Waals surface area contributed by atoms with E-state index in [1.54, 1.807) is 19.1 Å². The zero-order chi connectivity index (χ0) is 20.3. The normalized spacial score (nSPS) is 14.1. The van der Waals surface area contributed by atoms with Gasteiger partial charge in [-0.05, 0) is 49.4 Å². The molecule has 0 unspecified atom stereocenters. The van der Waals surface area contributed by atoms with Crippen molar-refractivity contribution in [2.75, 3.05) is 25.0 Å². The van der Waals surface area contributed by atoms with Gasteiger partial charge in [-0.15, -0.1) is 0 Å². The van der Waals surface area contributed by atoms with Crippen molar-refractivity contribution in [3.8, 4) is 0 Å². The fourth-order valence-electron chi connectivity index (χ4n) is 3.21. The van der Waals surface area contributed by atoms with Gasteiger partial charge in [0.15, 0.2) is 0 Å². The number of aromatic amines is 1. The van der Waals surface area contributed by atoms with Crippen molar-refractivity contribution in [2.45, 2.75) is 13.8 Å². The van der Waals surface area contributed by atoms with Crippen molar-refractivity contribution in [1.82, 2.24) is 15.6 Å². The standard InChI is InChI=1S/C21H23FN4O2/c1-4-16-19(21(28)24-9-8-23-5-2)12(3)18(25-16)11-15-14-10-13(22)6-7-17(14)26-20(15)27/h4,6-7,10-11,23,25H,1,5,8-9H2,2-3H3,(H,24,28)(H,26,27)/b15-11-. The van der Waals surface area contributed by atoms with Gasteiger partial charge in [-0.3, -0.25) is 9.59 Å². The van der Waals surface area contributed by atoms with E-state index in [4.69, 9.17) is 0 Å². The quantitative estimate of drug-likeness (QED) is 0.439. The first-order valence-corrected chi connectivity index (χ1v) is 9.13. The Morgan fingerprint density at radius 2 is 2.07 bits per heavy atom. The van der Waals surface area contributed by atoms with Crippen LogP contribution >= 0.6 is 0 Å². The summed E-state index contributed by atoms with van der Waals surface area (Å²) in [6.45, 7) is 9.56. The highest BCUT2D eigenvalue weighted by atomic mass is 19.1. The summed E-state index contributed by atoms with van der Waals surface area (Å²) in [5.41, 5.74) is 3.76. The molecule has 0 bridgehead atoms. The Morgan fingerprint density at radius 3 is 2.79 bits per heavy atom. The molecule has 2 amide bonds. The third kappa shape index (κ3) is 3.75. The fourth-order valence-corrected chi connectivity index (χ4v) is 3.21. The van der Waals surface area contributed by atoms with Crippen LogP contribution in [0.25, 0.3) is 17.7 Å². The molecule has 0 radical (unpaired) electrons. The molecule has 3 rings (SSSR count). The van der Waals surface area contributed by atoms with Crippen LogP contribution in [-0.4, -0.2) is 36.4 Å². The van der Waals surface area contributed by atoms with E-state index in [9.17, 15) is 14.0 Å². The third-order valence-electron chi connectivity index (χ3n) is 4.64. The molecule has 0 fully saturated rings. The van der Waals surface area contributed by atoms with Gasteiger partial charge in [-0.25, -0.2) is 4.39 Å². The second kappa shape index (κ2) is 8.22. The zero-order valence-corrected chi connectivity index (χ0v) is 15.9. The number of benzene rings is 1. The smallest absolute Gasteiger partial charge is 0.256 e. The average Bonchev–Trinajstić information content (AvgIpc) is 3.15. The monoisotopic (exact) mass is 382 g/mol. The molecule has 6 nitrogen and oxygen atoms in total. The molecule has 28 heavy (non-hydrogen) atoms. The highest BCUT2D eigenvalue weighted by Gasteiger charge is 2.26. The molecule has 1 aromatic carbocycles. The maximum absolute atomic E-state index is 13.6. The van der Waals surface area contributed by atoms with Crippen LogP contribution in [0, 0.1) is 12.7 Å². The predicted molar refractivity (Wildman–Crippen MR) is 109 cm³/mol. The Labute approximate surface area is 162 Å². The molecule has 0 saturated heterocycles. The van der Waals surface area contributed by atoms with Crippen molar-refractivity contribution < 1.29 is 14.0 Å². The van der Waals surface area contributed by atoms with Crippen LogP contribution in [0.3, 0.4) is 0 Å². The van der Waals surface area contributed by atoms with E-state index < -0.39 is 5.82 Å². The van der Waals surface area contributed by atoms with E-state index in [2.05, 4.69) is 27.5 Å². The topological polar surface area (TPSA) is 86.0 Å². The van der Waals surface area contributed by atoms with Crippen molar-refractivity contribution >= 4 is 35.2 Å². The summed E-state index contributed by atoms with van der Waals surface area (Å²) in [6, 6.07) is 4.15. The summed E-state index contributed by atoms with van der Waals surface area (Å²) >= 11 is 0. The summed E-state index contributed by atoms with van der Waals surface area (Å²) in [7, 11) is 0. The lowest BCUT2D eigenvalue weighted by atomic mass is 10.0. The van der Waals surface area contributed by atoms with E-state index in [1.807, 2.05) is 6.92 Å². The van der Waals surface area contributed by atoms with Crippen molar-refractivity contribution in [1.29, 1.82) is 0 Å². The SMILES string of the molecule is C=Cc1[nH]c(/C=C2\C(=O)Nc3ccc(F)cc32)c(C)c1C(=O)NCCNCC. The molecule has 0 saturated carbocycles. The number of H-pyrrole nitrogens is 1. The van der Waals surface area contributed by atoms with Gasteiger partial charge in [0.25, 0.3) is 11.8 Å². The number of halogens is 1. The van der Waals surface area contributed by atoms with Gasteiger partial charge in [0.2, 0.25) is 0 Å². The van der Waals surface area contributed by atoms with Crippen LogP contribution in [0.2, 0.25) is 0 Å². The van der Waals surface area contributed by atoms with Crippen LogP contribution < -0.4 is 16.0 Å². The lowest BCUT2D eigenvalue weighted by Crippen LogP contribution is -2.32. The van der Waals surface area contributed by atoms with Crippen molar-refractivity contribution in [2.24, 2.45) is 0 Å². The second-order valence-corrected chi connectivity index (χ2v) is 6.47. The Kier molecular flexibility index (Phi) is 5.75. The molecule has 2 heterocycles. The van der Waals surface area contributed by atoms with Crippen LogP contribution in [0.5, 0.6) is 0 Å². The summed E-state index contributed by atoms with van der Waals surface area (Å²) in [5.74, 6) is -0.947. The molecule has 146 valence electrons. The molecule has 0 aliphatic carbocycles. The second-order valence-electron chi connectivity index (χ2n) is 6.47. The van der Waals surface area contributed by atoms with E-state index in [-0.39, 0.29) is 11.8 Å². The van der Waals surface area contributed by atoms with Crippen LogP contribution in [0.1, 0.15) is 39.8 Å². The van der Waals surface area contributed by atoms with Gasteiger partial charge in [0.1, 0.15) is 5.82 Å². The van der Waals surface area contributed by atoms with Gasteiger partial charge in [0, 0.05) is 30.0 Å². The minimum absolute atomic E-state index is 0.214. The molecule has 1 aliphatic rings. The average molecular weight is 382 g/mol. The van der Waals surface area contributed by atoms with Gasteiger partial charge in [-0.1, -0.05) is 13.5 Å². The van der Waals surface area contributed by atoms with Crippen LogP contribution in [-0.2, 0) is 4.79 Å². The summed E-state index contributed by atoms with van der Waals surface area (Å²) in [4.78, 5) is 28.1. The number of aromatic nitrogens is 1. The molecular formula is C21H23FN4O2. The van der Waals surface area contributed by atoms with Gasteiger partial charge in [0.05, 0.1) is 16.8 Å². The number of anilines is 1. The van der Waals surface area contributed by atoms with E-state index in [1.165, 1.54) is 18.2 Å². The Morgan fingerprint density at radius 1 is 1.29 bits per heavy atom. The molecule has 1 aromatic heterocycles. The number of fused-ring (bicyclic) bond motifs is 1. The first kappa shape index (κ1) is 19.6. The van der Waals surface area contributed by atoms with Gasteiger partial charge >= 0.3 is 0 Å². The maximum atomic E-state index is 13.6. The number of hydrogen-bond acceptors (Lipinski definition) is 3. The molecule has 2 aromatic rings. The first-order chi connectivity index (χ1) is 13.5. The molecule has 0 spiro atoms. The minimum atomic E-state index is -0.420. The first-order valence-electron chi connectivity index (χ1n) is 9.13. The fraction of sp³-hybridized carbons (Fsp3) is 0.238. The van der Waals surface area contributed by atoms with E-state index in [0.717, 1.165) is 6.54 Å². The largest absolute Gasteiger partial charge is 0.355 e. The Hall–Kier alpha value is -3.19. The van der Waals surface area contributed by atoms with Crippen molar-refractivity contribution in [3.63, 3.8) is 0 Å². The lowest BCUT2D eigenvalue weighted by Gasteiger charge is -2.06. The molecule has 1 aliphatic heterocycles. The number of carbonyl (C=O) groups is 2. The van der Waals surface area contributed by atoms with Gasteiger partial charge < -0.3 is 20.9 Å². The third-order valence-corrected chi connectivity index (χ3v) is 4.64. The number of rotatable bonds is 7. The zero-order valence-electron chi connectivity index (χ0n) is 15.9. The number of likely N-dealkylation sites (N-methyl/N-ethyl adjacent to an activating group) is 1. The highest BCUT2D eigenvalue weighted by Crippen LogP contribution is 2.34. The molecule has 4 N–H and O–H groups in total. The highest BCUT2D eigenvalue weighted by molar-refractivity contribution is 6.35. The van der Waals surface area contributed by atoms with Crippen LogP contribution in [0.4, 0.5) is 10.1 Å². The number of hydrogen-bond donors (Lipinski definition) is 4. The van der Waals surface area contributed by atoms with E-state index >= 15 is 0 Å². The van der Waals surface area contributed by atoms with Crippen molar-refractivity contribution in [3.05, 3.63) is 58.7 Å². The summed E-state index contributed by atoms with van der Waals surface area (Å²) < 4.78 is 13.6. The molecule has 7 heteroatoms. The lowest BCUT2D eigenvalue weighted by molar-refractivity contribution is -0.110. The number of carbonyl (C=O) groups excluding carboxylic acids is 2. The minimum Gasteiger partial charge on any atom is -0.355 e. The number of nitrogens with one attached hydrogen (secondary N) is 4. The van der Waals surface area contributed by atoms with E-state index in [0.29, 0.717) is 52.4 Å². The summed E-state index contributed by atoms with van der Waals surface area (Å²) in [6.07, 6.45) is 3.20. The Bertz CT molecular complexity index is 975. The summed E-state index contributed by atoms with van der Waals surface area (Å²) in [5, 5.41) is 8.73. The van der Waals surface area contributed by atoms with Gasteiger partial charge in [-0.2, -0.15) is 0 Å². The maximum Gasteiger partial charge on any atom is 0.256 e. The molecular weight excluding hydrogens is 359 g/mol. The number of amides is 2. The predicted octanol–water partition coefficient (Wildman–Crippen LogP) is 2.94. The Balaban J connectivity index is 1.94. The molecule has 0 atom stereocenters.